The lowest BCUT2D eigenvalue weighted by molar-refractivity contribution is -0.139. The maximum absolute atomic E-state index is 12.4. The van der Waals surface area contributed by atoms with Crippen molar-refractivity contribution in [1.82, 2.24) is 0 Å². The van der Waals surface area contributed by atoms with Gasteiger partial charge >= 0.3 is 5.97 Å². The number of furan rings is 1. The predicted molar refractivity (Wildman–Crippen MR) is 104 cm³/mol. The molecule has 0 unspecified atom stereocenters. The second kappa shape index (κ2) is 8.29. The fourth-order valence-corrected chi connectivity index (χ4v) is 2.75. The summed E-state index contributed by atoms with van der Waals surface area (Å²) >= 11 is 11.9. The minimum absolute atomic E-state index is 0.127. The van der Waals surface area contributed by atoms with Crippen LogP contribution in [0.1, 0.15) is 16.1 Å². The normalized spacial score (nSPS) is 10.5. The quantitative estimate of drug-likeness (QED) is 0.592. The van der Waals surface area contributed by atoms with Crippen molar-refractivity contribution in [3.05, 3.63) is 76.0 Å². The third kappa shape index (κ3) is 4.70. The molecule has 1 heterocycles. The van der Waals surface area contributed by atoms with Crippen LogP contribution in [0.2, 0.25) is 10.0 Å². The Hall–Kier alpha value is -2.76. The Morgan fingerprint density at radius 2 is 1.85 bits per heavy atom. The van der Waals surface area contributed by atoms with E-state index in [4.69, 9.17) is 27.6 Å². The van der Waals surface area contributed by atoms with Gasteiger partial charge in [-0.2, -0.15) is 0 Å². The van der Waals surface area contributed by atoms with E-state index >= 15 is 0 Å². The van der Waals surface area contributed by atoms with Gasteiger partial charge in [0.2, 0.25) is 0 Å². The van der Waals surface area contributed by atoms with Gasteiger partial charge < -0.3 is 14.5 Å². The van der Waals surface area contributed by atoms with Crippen LogP contribution in [0, 0.1) is 0 Å². The molecule has 0 aliphatic carbocycles. The second-order valence-corrected chi connectivity index (χ2v) is 6.51. The summed E-state index contributed by atoms with van der Waals surface area (Å²) in [5, 5.41) is 3.59. The Labute approximate surface area is 165 Å². The molecule has 3 aromatic rings. The minimum Gasteiger partial charge on any atom is -0.469 e. The van der Waals surface area contributed by atoms with Crippen LogP contribution in [0.4, 0.5) is 5.69 Å². The number of rotatable bonds is 5. The third-order valence-corrected chi connectivity index (χ3v) is 4.53. The first kappa shape index (κ1) is 19.0. The van der Waals surface area contributed by atoms with E-state index < -0.39 is 5.91 Å². The number of esters is 1. The average molecular weight is 404 g/mol. The Bertz CT molecular complexity index is 997. The molecule has 0 aliphatic heterocycles. The first-order valence-electron chi connectivity index (χ1n) is 7.98. The summed E-state index contributed by atoms with van der Waals surface area (Å²) < 4.78 is 10.3. The predicted octanol–water partition coefficient (Wildman–Crippen LogP) is 5.22. The second-order valence-electron chi connectivity index (χ2n) is 5.70. The van der Waals surface area contributed by atoms with Crippen molar-refractivity contribution in [2.75, 3.05) is 12.4 Å². The summed E-state index contributed by atoms with van der Waals surface area (Å²) in [6.07, 6.45) is 0.127. The van der Waals surface area contributed by atoms with E-state index in [2.05, 4.69) is 10.1 Å². The van der Waals surface area contributed by atoms with Crippen molar-refractivity contribution < 1.29 is 18.7 Å². The molecule has 0 atom stereocenters. The van der Waals surface area contributed by atoms with Gasteiger partial charge in [0.05, 0.1) is 23.6 Å². The van der Waals surface area contributed by atoms with E-state index in [1.165, 1.54) is 7.11 Å². The summed E-state index contributed by atoms with van der Waals surface area (Å²) in [6, 6.07) is 15.3. The summed E-state index contributed by atoms with van der Waals surface area (Å²) in [5.74, 6) is -0.111. The van der Waals surface area contributed by atoms with Crippen LogP contribution < -0.4 is 5.32 Å². The van der Waals surface area contributed by atoms with E-state index in [1.54, 1.807) is 54.6 Å². The molecule has 0 saturated carbocycles. The zero-order chi connectivity index (χ0) is 19.4. The number of nitrogens with one attached hydrogen (secondary N) is 1. The SMILES string of the molecule is COC(=O)Cc1cccc(NC(=O)c2ccc(-c3ccc(Cl)c(Cl)c3)o2)c1. The van der Waals surface area contributed by atoms with Crippen molar-refractivity contribution in [3.63, 3.8) is 0 Å². The number of benzene rings is 2. The standard InChI is InChI=1S/C20H15Cl2NO4/c1-26-19(24)10-12-3-2-4-14(9-12)23-20(25)18-8-7-17(27-18)13-5-6-15(21)16(22)11-13/h2-9,11H,10H2,1H3,(H,23,25). The number of methoxy groups -OCH3 is 1. The molecule has 138 valence electrons. The Morgan fingerprint density at radius 1 is 1.04 bits per heavy atom. The lowest BCUT2D eigenvalue weighted by Crippen LogP contribution is -2.11. The van der Waals surface area contributed by atoms with E-state index in [1.807, 2.05) is 0 Å². The maximum Gasteiger partial charge on any atom is 0.309 e. The van der Waals surface area contributed by atoms with E-state index in [0.717, 1.165) is 5.56 Å². The number of hydrogen-bond acceptors (Lipinski definition) is 4. The topological polar surface area (TPSA) is 68.5 Å². The highest BCUT2D eigenvalue weighted by Crippen LogP contribution is 2.29. The van der Waals surface area contributed by atoms with Crippen LogP contribution in [0.25, 0.3) is 11.3 Å². The van der Waals surface area contributed by atoms with Gasteiger partial charge in [-0.05, 0) is 48.0 Å². The first-order chi connectivity index (χ1) is 13.0. The van der Waals surface area contributed by atoms with Gasteiger partial charge in [-0.1, -0.05) is 35.3 Å². The number of amides is 1. The number of carbonyl (C=O) groups is 2. The summed E-state index contributed by atoms with van der Waals surface area (Å²) in [5.41, 5.74) is 1.99. The minimum atomic E-state index is -0.406. The highest BCUT2D eigenvalue weighted by Gasteiger charge is 2.14. The molecule has 0 fully saturated rings. The van der Waals surface area contributed by atoms with Crippen molar-refractivity contribution >= 4 is 40.8 Å². The summed E-state index contributed by atoms with van der Waals surface area (Å²) in [4.78, 5) is 23.8. The van der Waals surface area contributed by atoms with E-state index in [0.29, 0.717) is 27.1 Å². The number of anilines is 1. The maximum atomic E-state index is 12.4. The summed E-state index contributed by atoms with van der Waals surface area (Å²) in [6.45, 7) is 0. The molecule has 3 rings (SSSR count). The molecule has 0 aliphatic rings. The van der Waals surface area contributed by atoms with Gasteiger partial charge in [0.1, 0.15) is 5.76 Å². The molecule has 1 amide bonds. The van der Waals surface area contributed by atoms with Gasteiger partial charge in [0.15, 0.2) is 5.76 Å². The molecule has 0 spiro atoms. The van der Waals surface area contributed by atoms with Crippen LogP contribution in [0.15, 0.2) is 59.0 Å². The smallest absolute Gasteiger partial charge is 0.309 e. The van der Waals surface area contributed by atoms with E-state index in [-0.39, 0.29) is 18.2 Å². The molecule has 2 aromatic carbocycles. The summed E-state index contributed by atoms with van der Waals surface area (Å²) in [7, 11) is 1.33. The van der Waals surface area contributed by atoms with E-state index in [9.17, 15) is 9.59 Å². The monoisotopic (exact) mass is 403 g/mol. The Morgan fingerprint density at radius 3 is 2.59 bits per heavy atom. The van der Waals surface area contributed by atoms with Gasteiger partial charge in [0.25, 0.3) is 5.91 Å². The third-order valence-electron chi connectivity index (χ3n) is 3.79. The molecule has 5 nitrogen and oxygen atoms in total. The lowest BCUT2D eigenvalue weighted by Gasteiger charge is -2.06. The molecule has 0 saturated heterocycles. The van der Waals surface area contributed by atoms with Crippen LogP contribution in [-0.4, -0.2) is 19.0 Å². The molecule has 1 aromatic heterocycles. The van der Waals surface area contributed by atoms with Gasteiger partial charge in [-0.3, -0.25) is 9.59 Å². The van der Waals surface area contributed by atoms with Gasteiger partial charge in [-0.15, -0.1) is 0 Å². The van der Waals surface area contributed by atoms with Crippen molar-refractivity contribution in [2.24, 2.45) is 0 Å². The lowest BCUT2D eigenvalue weighted by atomic mass is 10.1. The number of ether oxygens (including phenoxy) is 1. The number of halogens is 2. The molecule has 7 heteroatoms. The zero-order valence-corrected chi connectivity index (χ0v) is 15.8. The fraction of sp³-hybridized carbons (Fsp3) is 0.100. The average Bonchev–Trinajstić information content (AvgIpc) is 3.14. The molecule has 0 radical (unpaired) electrons. The van der Waals surface area contributed by atoms with Crippen molar-refractivity contribution in [1.29, 1.82) is 0 Å². The molecule has 27 heavy (non-hydrogen) atoms. The zero-order valence-electron chi connectivity index (χ0n) is 14.3. The van der Waals surface area contributed by atoms with Crippen LogP contribution >= 0.6 is 23.2 Å². The first-order valence-corrected chi connectivity index (χ1v) is 8.74. The molecular formula is C20H15Cl2NO4. The van der Waals surface area contributed by atoms with Crippen LogP contribution in [0.5, 0.6) is 0 Å². The van der Waals surface area contributed by atoms with Gasteiger partial charge in [0, 0.05) is 11.3 Å². The molecule has 1 N–H and O–H groups in total. The van der Waals surface area contributed by atoms with Crippen molar-refractivity contribution in [3.8, 4) is 11.3 Å². The van der Waals surface area contributed by atoms with Gasteiger partial charge in [-0.25, -0.2) is 0 Å². The molecule has 0 bridgehead atoms. The largest absolute Gasteiger partial charge is 0.469 e. The highest BCUT2D eigenvalue weighted by molar-refractivity contribution is 6.42. The van der Waals surface area contributed by atoms with Crippen LogP contribution in [-0.2, 0) is 16.0 Å². The Balaban J connectivity index is 1.74. The number of carbonyl (C=O) groups excluding carboxylic acids is 2. The molecular weight excluding hydrogens is 389 g/mol. The van der Waals surface area contributed by atoms with Crippen LogP contribution in [0.3, 0.4) is 0 Å². The highest BCUT2D eigenvalue weighted by atomic mass is 35.5. The Kier molecular flexibility index (Phi) is 5.84. The van der Waals surface area contributed by atoms with Crippen molar-refractivity contribution in [2.45, 2.75) is 6.42 Å². The number of hydrogen-bond donors (Lipinski definition) is 1. The fourth-order valence-electron chi connectivity index (χ4n) is 2.46.